The molecular formula is C7H14O6. The maximum absolute atomic E-state index is 9.38. The normalized spacial score (nSPS) is 46.4. The summed E-state index contributed by atoms with van der Waals surface area (Å²) in [5.74, 6) is 0. The Morgan fingerprint density at radius 1 is 1.23 bits per heavy atom. The van der Waals surface area contributed by atoms with E-state index in [1.54, 1.807) is 0 Å². The highest BCUT2D eigenvalue weighted by Gasteiger charge is 2.43. The fourth-order valence-corrected chi connectivity index (χ4v) is 1.33. The smallest absolute Gasteiger partial charge is 0.184 e. The van der Waals surface area contributed by atoms with Gasteiger partial charge in [-0.3, -0.25) is 0 Å². The second-order valence-corrected chi connectivity index (χ2v) is 2.93. The molecule has 0 spiro atoms. The van der Waals surface area contributed by atoms with Crippen LogP contribution in [0, 0.1) is 0 Å². The van der Waals surface area contributed by atoms with E-state index in [0.29, 0.717) is 0 Å². The lowest BCUT2D eigenvalue weighted by Gasteiger charge is -2.39. The van der Waals surface area contributed by atoms with E-state index < -0.39 is 37.3 Å². The molecule has 0 saturated carbocycles. The van der Waals surface area contributed by atoms with E-state index >= 15 is 0 Å². The molecular weight excluding hydrogens is 180 g/mol. The molecule has 78 valence electrons. The second kappa shape index (κ2) is 4.32. The third kappa shape index (κ3) is 1.98. The first-order chi connectivity index (χ1) is 6.11. The first-order valence-electron chi connectivity index (χ1n) is 3.95. The molecule has 0 aliphatic carbocycles. The number of ether oxygens (including phenoxy) is 2. The molecule has 1 fully saturated rings. The summed E-state index contributed by atoms with van der Waals surface area (Å²) in [5.41, 5.74) is 0. The van der Waals surface area contributed by atoms with Gasteiger partial charge in [0.25, 0.3) is 0 Å². The Balaban J connectivity index is 2.66. The molecule has 1 aliphatic rings. The van der Waals surface area contributed by atoms with Crippen molar-refractivity contribution in [3.63, 3.8) is 0 Å². The highest BCUT2D eigenvalue weighted by Crippen LogP contribution is 2.21. The third-order valence-corrected chi connectivity index (χ3v) is 2.11. The van der Waals surface area contributed by atoms with Crippen molar-refractivity contribution in [3.8, 4) is 0 Å². The first kappa shape index (κ1) is 10.8. The Kier molecular flexibility index (Phi) is 3.60. The van der Waals surface area contributed by atoms with Gasteiger partial charge in [0.2, 0.25) is 0 Å². The SMILES string of the molecule is CO[C@H]1[C@@H](O)[C@H](O)[C@@H](CO)O[C@@H]1O. The van der Waals surface area contributed by atoms with Crippen molar-refractivity contribution in [2.24, 2.45) is 0 Å². The number of aliphatic hydroxyl groups is 4. The average Bonchev–Trinajstić information content (AvgIpc) is 2.12. The van der Waals surface area contributed by atoms with Gasteiger partial charge in [0.05, 0.1) is 6.61 Å². The van der Waals surface area contributed by atoms with Crippen LogP contribution in [0.15, 0.2) is 0 Å². The van der Waals surface area contributed by atoms with E-state index in [9.17, 15) is 15.3 Å². The molecule has 0 radical (unpaired) electrons. The predicted octanol–water partition coefficient (Wildman–Crippen LogP) is -2.57. The molecule has 1 saturated heterocycles. The molecule has 0 bridgehead atoms. The summed E-state index contributed by atoms with van der Waals surface area (Å²) in [6, 6.07) is 0. The minimum atomic E-state index is -1.33. The van der Waals surface area contributed by atoms with Gasteiger partial charge in [-0.2, -0.15) is 0 Å². The highest BCUT2D eigenvalue weighted by molar-refractivity contribution is 4.88. The molecule has 4 N–H and O–H groups in total. The second-order valence-electron chi connectivity index (χ2n) is 2.93. The van der Waals surface area contributed by atoms with E-state index in [4.69, 9.17) is 14.6 Å². The van der Waals surface area contributed by atoms with Crippen molar-refractivity contribution in [2.75, 3.05) is 13.7 Å². The van der Waals surface area contributed by atoms with E-state index in [0.717, 1.165) is 0 Å². The molecule has 0 unspecified atom stereocenters. The summed E-state index contributed by atoms with van der Waals surface area (Å²) < 4.78 is 9.50. The summed E-state index contributed by atoms with van der Waals surface area (Å²) in [4.78, 5) is 0. The highest BCUT2D eigenvalue weighted by atomic mass is 16.7. The Labute approximate surface area is 75.3 Å². The molecule has 6 nitrogen and oxygen atoms in total. The monoisotopic (exact) mass is 194 g/mol. The minimum absolute atomic E-state index is 0.467. The topological polar surface area (TPSA) is 99.4 Å². The summed E-state index contributed by atoms with van der Waals surface area (Å²) in [6.45, 7) is -0.467. The zero-order chi connectivity index (χ0) is 10.0. The van der Waals surface area contributed by atoms with E-state index in [1.807, 2.05) is 0 Å². The van der Waals surface area contributed by atoms with Crippen molar-refractivity contribution in [1.82, 2.24) is 0 Å². The number of hydrogen-bond donors (Lipinski definition) is 4. The summed E-state index contributed by atoms with van der Waals surface area (Å²) in [6.07, 6.45) is -5.81. The van der Waals surface area contributed by atoms with Crippen molar-refractivity contribution in [1.29, 1.82) is 0 Å². The molecule has 0 aromatic carbocycles. The van der Waals surface area contributed by atoms with Crippen LogP contribution in [0.2, 0.25) is 0 Å². The van der Waals surface area contributed by atoms with Gasteiger partial charge in [0.15, 0.2) is 6.29 Å². The molecule has 5 atom stereocenters. The summed E-state index contributed by atoms with van der Waals surface area (Å²) in [7, 11) is 1.28. The molecule has 0 amide bonds. The Hall–Kier alpha value is -0.240. The maximum Gasteiger partial charge on any atom is 0.184 e. The van der Waals surface area contributed by atoms with Crippen LogP contribution in [0.25, 0.3) is 0 Å². The van der Waals surface area contributed by atoms with Gasteiger partial charge in [-0.1, -0.05) is 0 Å². The Morgan fingerprint density at radius 3 is 2.31 bits per heavy atom. The summed E-state index contributed by atoms with van der Waals surface area (Å²) in [5, 5.41) is 36.7. The lowest BCUT2D eigenvalue weighted by Crippen LogP contribution is -2.59. The summed E-state index contributed by atoms with van der Waals surface area (Å²) >= 11 is 0. The molecule has 1 aliphatic heterocycles. The van der Waals surface area contributed by atoms with Gasteiger partial charge in [-0.15, -0.1) is 0 Å². The lowest BCUT2D eigenvalue weighted by atomic mass is 9.99. The third-order valence-electron chi connectivity index (χ3n) is 2.11. The zero-order valence-electron chi connectivity index (χ0n) is 7.20. The molecule has 13 heavy (non-hydrogen) atoms. The van der Waals surface area contributed by atoms with Gasteiger partial charge in [-0.25, -0.2) is 0 Å². The van der Waals surface area contributed by atoms with E-state index in [2.05, 4.69) is 0 Å². The van der Waals surface area contributed by atoms with Crippen LogP contribution in [-0.2, 0) is 9.47 Å². The fourth-order valence-electron chi connectivity index (χ4n) is 1.33. The van der Waals surface area contributed by atoms with Crippen LogP contribution in [0.3, 0.4) is 0 Å². The van der Waals surface area contributed by atoms with Gasteiger partial charge >= 0.3 is 0 Å². The van der Waals surface area contributed by atoms with E-state index in [1.165, 1.54) is 7.11 Å². The van der Waals surface area contributed by atoms with Gasteiger partial charge in [-0.05, 0) is 0 Å². The number of methoxy groups -OCH3 is 1. The van der Waals surface area contributed by atoms with Crippen molar-refractivity contribution < 1.29 is 29.9 Å². The molecule has 0 aromatic rings. The van der Waals surface area contributed by atoms with Crippen LogP contribution in [0.4, 0.5) is 0 Å². The van der Waals surface area contributed by atoms with E-state index in [-0.39, 0.29) is 0 Å². The first-order valence-corrected chi connectivity index (χ1v) is 3.95. The predicted molar refractivity (Wildman–Crippen MR) is 40.8 cm³/mol. The standard InChI is InChI=1S/C7H14O6/c1-12-6-5(10)4(9)3(2-8)13-7(6)11/h3-11H,2H2,1H3/t3-,4-,5+,6+,7+/m1/s1. The van der Waals surface area contributed by atoms with Crippen molar-refractivity contribution in [3.05, 3.63) is 0 Å². The van der Waals surface area contributed by atoms with Crippen LogP contribution in [0.5, 0.6) is 0 Å². The Bertz CT molecular complexity index is 163. The van der Waals surface area contributed by atoms with Gasteiger partial charge in [0, 0.05) is 7.11 Å². The number of aliphatic hydroxyl groups excluding tert-OH is 4. The van der Waals surface area contributed by atoms with Crippen LogP contribution in [-0.4, -0.2) is 64.8 Å². The number of hydrogen-bond acceptors (Lipinski definition) is 6. The quantitative estimate of drug-likeness (QED) is 0.386. The maximum atomic E-state index is 9.38. The molecule has 1 heterocycles. The Morgan fingerprint density at radius 2 is 1.85 bits per heavy atom. The van der Waals surface area contributed by atoms with Crippen LogP contribution < -0.4 is 0 Å². The lowest BCUT2D eigenvalue weighted by molar-refractivity contribution is -0.291. The average molecular weight is 194 g/mol. The van der Waals surface area contributed by atoms with Crippen molar-refractivity contribution >= 4 is 0 Å². The molecule has 6 heteroatoms. The van der Waals surface area contributed by atoms with Crippen LogP contribution >= 0.6 is 0 Å². The molecule has 0 aromatic heterocycles. The molecule has 1 rings (SSSR count). The van der Waals surface area contributed by atoms with Crippen LogP contribution in [0.1, 0.15) is 0 Å². The van der Waals surface area contributed by atoms with Gasteiger partial charge < -0.3 is 29.9 Å². The fraction of sp³-hybridized carbons (Fsp3) is 1.00. The van der Waals surface area contributed by atoms with Crippen molar-refractivity contribution in [2.45, 2.75) is 30.7 Å². The number of rotatable bonds is 2. The van der Waals surface area contributed by atoms with Gasteiger partial charge in [0.1, 0.15) is 24.4 Å². The largest absolute Gasteiger partial charge is 0.394 e. The zero-order valence-corrected chi connectivity index (χ0v) is 7.20. The minimum Gasteiger partial charge on any atom is -0.394 e.